The number of esters is 1. The van der Waals surface area contributed by atoms with E-state index in [0.29, 0.717) is 23.7 Å². The SMILES string of the molecule is COc1cc(/C=C2\SC(=O)N(CC(=O)N3CCCCC3)C2=O)ccc1OC(=O)c1ccc(Cl)cc1Cl. The van der Waals surface area contributed by atoms with Crippen LogP contribution in [0.25, 0.3) is 6.08 Å². The summed E-state index contributed by atoms with van der Waals surface area (Å²) in [5.41, 5.74) is 0.684. The van der Waals surface area contributed by atoms with Gasteiger partial charge in [-0.25, -0.2) is 4.79 Å². The lowest BCUT2D eigenvalue weighted by atomic mass is 10.1. The quantitative estimate of drug-likeness (QED) is 0.275. The highest BCUT2D eigenvalue weighted by molar-refractivity contribution is 8.18. The summed E-state index contributed by atoms with van der Waals surface area (Å²) in [5, 5.41) is 0.0466. The van der Waals surface area contributed by atoms with Crippen LogP contribution in [0, 0.1) is 0 Å². The van der Waals surface area contributed by atoms with Gasteiger partial charge >= 0.3 is 5.97 Å². The number of hydrogen-bond acceptors (Lipinski definition) is 7. The molecule has 11 heteroatoms. The van der Waals surface area contributed by atoms with E-state index >= 15 is 0 Å². The molecule has 2 aromatic carbocycles. The number of carbonyl (C=O) groups excluding carboxylic acids is 4. The predicted molar refractivity (Wildman–Crippen MR) is 138 cm³/mol. The van der Waals surface area contributed by atoms with Gasteiger partial charge in [0.05, 0.1) is 22.6 Å². The molecule has 0 atom stereocenters. The summed E-state index contributed by atoms with van der Waals surface area (Å²) in [6, 6.07) is 9.11. The lowest BCUT2D eigenvalue weighted by Crippen LogP contribution is -2.44. The summed E-state index contributed by atoms with van der Waals surface area (Å²) in [4.78, 5) is 53.2. The Morgan fingerprint density at radius 3 is 2.47 bits per heavy atom. The van der Waals surface area contributed by atoms with Crippen LogP contribution in [0.1, 0.15) is 35.2 Å². The van der Waals surface area contributed by atoms with Crippen LogP contribution in [0.2, 0.25) is 10.0 Å². The molecule has 2 heterocycles. The van der Waals surface area contributed by atoms with Gasteiger partial charge in [0.1, 0.15) is 6.54 Å². The monoisotopic (exact) mass is 548 g/mol. The number of likely N-dealkylation sites (tertiary alicyclic amines) is 1. The van der Waals surface area contributed by atoms with E-state index in [1.54, 1.807) is 17.0 Å². The molecule has 0 aromatic heterocycles. The Kier molecular flexibility index (Phi) is 8.23. The number of hydrogen-bond donors (Lipinski definition) is 0. The largest absolute Gasteiger partial charge is 0.493 e. The van der Waals surface area contributed by atoms with Crippen molar-refractivity contribution < 1.29 is 28.7 Å². The third-order valence-electron chi connectivity index (χ3n) is 5.71. The van der Waals surface area contributed by atoms with Crippen molar-refractivity contribution in [2.75, 3.05) is 26.7 Å². The topological polar surface area (TPSA) is 93.2 Å². The van der Waals surface area contributed by atoms with Gasteiger partial charge in [0.15, 0.2) is 11.5 Å². The molecule has 4 rings (SSSR count). The van der Waals surface area contributed by atoms with Crippen LogP contribution in [-0.2, 0) is 9.59 Å². The molecule has 8 nitrogen and oxygen atoms in total. The van der Waals surface area contributed by atoms with E-state index in [9.17, 15) is 19.2 Å². The number of halogens is 2. The van der Waals surface area contributed by atoms with Crippen molar-refractivity contribution in [3.63, 3.8) is 0 Å². The Morgan fingerprint density at radius 1 is 1.03 bits per heavy atom. The maximum atomic E-state index is 12.8. The summed E-state index contributed by atoms with van der Waals surface area (Å²) < 4.78 is 10.8. The van der Waals surface area contributed by atoms with Crippen LogP contribution < -0.4 is 9.47 Å². The van der Waals surface area contributed by atoms with E-state index in [4.69, 9.17) is 32.7 Å². The van der Waals surface area contributed by atoms with Crippen molar-refractivity contribution in [1.82, 2.24) is 9.80 Å². The minimum Gasteiger partial charge on any atom is -0.493 e. The lowest BCUT2D eigenvalue weighted by molar-refractivity contribution is -0.136. The van der Waals surface area contributed by atoms with Crippen molar-refractivity contribution in [3.8, 4) is 11.5 Å². The average molecular weight is 549 g/mol. The van der Waals surface area contributed by atoms with E-state index in [-0.39, 0.29) is 39.4 Å². The normalized spacial score (nSPS) is 17.0. The van der Waals surface area contributed by atoms with Crippen LogP contribution in [0.4, 0.5) is 4.79 Å². The number of thioether (sulfide) groups is 1. The first-order valence-corrected chi connectivity index (χ1v) is 12.7. The van der Waals surface area contributed by atoms with E-state index in [1.165, 1.54) is 37.5 Å². The number of ether oxygens (including phenoxy) is 2. The zero-order chi connectivity index (χ0) is 25.8. The summed E-state index contributed by atoms with van der Waals surface area (Å²) in [7, 11) is 1.41. The smallest absolute Gasteiger partial charge is 0.345 e. The van der Waals surface area contributed by atoms with Crippen molar-refractivity contribution >= 4 is 64.1 Å². The van der Waals surface area contributed by atoms with Crippen LogP contribution in [0.3, 0.4) is 0 Å². The van der Waals surface area contributed by atoms with Crippen LogP contribution >= 0.6 is 35.0 Å². The zero-order valence-electron chi connectivity index (χ0n) is 19.3. The zero-order valence-corrected chi connectivity index (χ0v) is 21.6. The third kappa shape index (κ3) is 5.86. The Hall–Kier alpha value is -3.01. The van der Waals surface area contributed by atoms with Crippen LogP contribution in [0.15, 0.2) is 41.3 Å². The predicted octanol–water partition coefficient (Wildman–Crippen LogP) is 5.27. The summed E-state index contributed by atoms with van der Waals surface area (Å²) in [5.74, 6) is -1.07. The molecular formula is C25H22Cl2N2O6S. The van der Waals surface area contributed by atoms with Gasteiger partial charge in [0.25, 0.3) is 11.1 Å². The molecule has 0 aliphatic carbocycles. The molecule has 2 aliphatic rings. The number of methoxy groups -OCH3 is 1. The number of imide groups is 1. The first-order chi connectivity index (χ1) is 17.3. The second-order valence-corrected chi connectivity index (χ2v) is 9.97. The molecule has 36 heavy (non-hydrogen) atoms. The van der Waals surface area contributed by atoms with Crippen molar-refractivity contribution in [1.29, 1.82) is 0 Å². The molecule has 0 bridgehead atoms. The molecule has 2 fully saturated rings. The molecule has 3 amide bonds. The number of amides is 3. The van der Waals surface area contributed by atoms with Gasteiger partial charge in [-0.15, -0.1) is 0 Å². The average Bonchev–Trinajstić information content (AvgIpc) is 3.12. The van der Waals surface area contributed by atoms with Gasteiger partial charge < -0.3 is 14.4 Å². The van der Waals surface area contributed by atoms with Crippen molar-refractivity contribution in [2.24, 2.45) is 0 Å². The Labute approximate surface area is 222 Å². The number of carbonyl (C=O) groups is 4. The Bertz CT molecular complexity index is 1260. The molecule has 2 aromatic rings. The molecule has 2 saturated heterocycles. The number of rotatable bonds is 6. The molecule has 0 saturated carbocycles. The Balaban J connectivity index is 1.47. The first-order valence-electron chi connectivity index (χ1n) is 11.1. The molecule has 0 spiro atoms. The second kappa shape index (κ2) is 11.4. The molecular weight excluding hydrogens is 527 g/mol. The fourth-order valence-electron chi connectivity index (χ4n) is 3.83. The number of piperidine rings is 1. The third-order valence-corrected chi connectivity index (χ3v) is 7.17. The molecule has 0 radical (unpaired) electrons. The standard InChI is InChI=1S/C25H22Cl2N2O6S/c1-34-20-11-15(5-8-19(20)35-24(32)17-7-6-16(26)13-18(17)27)12-21-23(31)29(25(33)36-21)14-22(30)28-9-3-2-4-10-28/h5-8,11-13H,2-4,9-10,14H2,1H3/b21-12-. The van der Waals surface area contributed by atoms with E-state index in [2.05, 4.69) is 0 Å². The van der Waals surface area contributed by atoms with E-state index < -0.39 is 17.1 Å². The molecule has 2 aliphatic heterocycles. The van der Waals surface area contributed by atoms with Gasteiger partial charge in [-0.05, 0) is 73.0 Å². The fourth-order valence-corrected chi connectivity index (χ4v) is 5.16. The van der Waals surface area contributed by atoms with Gasteiger partial charge in [0, 0.05) is 18.1 Å². The van der Waals surface area contributed by atoms with Crippen molar-refractivity contribution in [3.05, 3.63) is 62.5 Å². The summed E-state index contributed by atoms with van der Waals surface area (Å²) in [6.45, 7) is 1.02. The highest BCUT2D eigenvalue weighted by Crippen LogP contribution is 2.35. The first kappa shape index (κ1) is 26.1. The van der Waals surface area contributed by atoms with Gasteiger partial charge in [-0.1, -0.05) is 29.3 Å². The second-order valence-electron chi connectivity index (χ2n) is 8.13. The van der Waals surface area contributed by atoms with Crippen molar-refractivity contribution in [2.45, 2.75) is 19.3 Å². The fraction of sp³-hybridized carbons (Fsp3) is 0.280. The van der Waals surface area contributed by atoms with Gasteiger partial charge in [-0.3, -0.25) is 19.3 Å². The summed E-state index contributed by atoms with van der Waals surface area (Å²) >= 11 is 12.7. The van der Waals surface area contributed by atoms with Gasteiger partial charge in [-0.2, -0.15) is 0 Å². The maximum Gasteiger partial charge on any atom is 0.345 e. The van der Waals surface area contributed by atoms with Crippen LogP contribution in [0.5, 0.6) is 11.5 Å². The number of benzene rings is 2. The van der Waals surface area contributed by atoms with E-state index in [1.807, 2.05) is 0 Å². The maximum absolute atomic E-state index is 12.8. The minimum absolute atomic E-state index is 0.139. The van der Waals surface area contributed by atoms with E-state index in [0.717, 1.165) is 35.9 Å². The van der Waals surface area contributed by atoms with Gasteiger partial charge in [0.2, 0.25) is 5.91 Å². The highest BCUT2D eigenvalue weighted by Gasteiger charge is 2.37. The molecule has 0 N–H and O–H groups in total. The molecule has 0 unspecified atom stereocenters. The highest BCUT2D eigenvalue weighted by atomic mass is 35.5. The molecule has 188 valence electrons. The minimum atomic E-state index is -0.692. The number of nitrogens with zero attached hydrogens (tertiary/aromatic N) is 2. The van der Waals surface area contributed by atoms with Crippen LogP contribution in [-0.4, -0.2) is 59.6 Å². The Morgan fingerprint density at radius 2 is 1.78 bits per heavy atom. The lowest BCUT2D eigenvalue weighted by Gasteiger charge is -2.27. The summed E-state index contributed by atoms with van der Waals surface area (Å²) in [6.07, 6.45) is 4.45.